The van der Waals surface area contributed by atoms with Gasteiger partial charge in [0.25, 0.3) is 0 Å². The van der Waals surface area contributed by atoms with Crippen LogP contribution in [0.2, 0.25) is 5.02 Å². The highest BCUT2D eigenvalue weighted by atomic mass is 35.5. The van der Waals surface area contributed by atoms with Gasteiger partial charge in [-0.05, 0) is 86.0 Å². The van der Waals surface area contributed by atoms with Crippen molar-refractivity contribution in [3.05, 3.63) is 166 Å². The first kappa shape index (κ1) is 22.1. The van der Waals surface area contributed by atoms with Crippen LogP contribution in [0.15, 0.2) is 133 Å². The van der Waals surface area contributed by atoms with Crippen LogP contribution in [-0.4, -0.2) is 0 Å². The molecule has 1 unspecified atom stereocenters. The summed E-state index contributed by atoms with van der Waals surface area (Å²) in [7, 11) is 0. The molecule has 0 radical (unpaired) electrons. The summed E-state index contributed by atoms with van der Waals surface area (Å²) in [6, 6.07) is 48.4. The van der Waals surface area contributed by atoms with Crippen molar-refractivity contribution in [3.63, 3.8) is 0 Å². The van der Waals surface area contributed by atoms with E-state index in [1.165, 1.54) is 55.3 Å². The van der Waals surface area contributed by atoms with E-state index in [2.05, 4.69) is 128 Å². The molecule has 1 atom stereocenters. The highest BCUT2D eigenvalue weighted by molar-refractivity contribution is 6.30. The average Bonchev–Trinajstić information content (AvgIpc) is 3.24. The Balaban J connectivity index is 1.69. The monoisotopic (exact) mass is 492 g/mol. The van der Waals surface area contributed by atoms with Crippen LogP contribution in [0, 0.1) is 6.92 Å². The van der Waals surface area contributed by atoms with Crippen LogP contribution in [0.1, 0.15) is 27.8 Å². The lowest BCUT2D eigenvalue weighted by molar-refractivity contribution is 0.764. The molecule has 7 rings (SSSR count). The van der Waals surface area contributed by atoms with Crippen molar-refractivity contribution in [2.24, 2.45) is 0 Å². The topological polar surface area (TPSA) is 0 Å². The van der Waals surface area contributed by atoms with Crippen molar-refractivity contribution in [1.29, 1.82) is 0 Å². The quantitative estimate of drug-likeness (QED) is 0.230. The number of hydrogen-bond acceptors (Lipinski definition) is 0. The van der Waals surface area contributed by atoms with Gasteiger partial charge in [0.15, 0.2) is 0 Å². The van der Waals surface area contributed by atoms with E-state index >= 15 is 0 Å². The zero-order valence-corrected chi connectivity index (χ0v) is 21.3. The second-order valence-corrected chi connectivity index (χ2v) is 10.3. The van der Waals surface area contributed by atoms with Crippen molar-refractivity contribution in [2.75, 3.05) is 0 Å². The number of aryl methyl sites for hydroxylation is 1. The zero-order valence-electron chi connectivity index (χ0n) is 20.6. The van der Waals surface area contributed by atoms with Crippen LogP contribution >= 0.6 is 11.6 Å². The average molecular weight is 493 g/mol. The minimum atomic E-state index is -0.472. The minimum absolute atomic E-state index is 0.472. The molecule has 0 heterocycles. The van der Waals surface area contributed by atoms with Gasteiger partial charge in [-0.2, -0.15) is 0 Å². The molecule has 6 aromatic carbocycles. The Morgan fingerprint density at radius 2 is 1.19 bits per heavy atom. The van der Waals surface area contributed by atoms with Gasteiger partial charge in [0.1, 0.15) is 0 Å². The molecule has 176 valence electrons. The van der Waals surface area contributed by atoms with Gasteiger partial charge in [0.05, 0.1) is 5.41 Å². The predicted molar refractivity (Wildman–Crippen MR) is 156 cm³/mol. The smallest absolute Gasteiger partial charge is 0.0722 e. The molecule has 0 amide bonds. The largest absolute Gasteiger partial charge is 0.0843 e. The van der Waals surface area contributed by atoms with Crippen molar-refractivity contribution >= 4 is 22.4 Å². The first-order chi connectivity index (χ1) is 18.2. The Kier molecular flexibility index (Phi) is 5.06. The normalized spacial score (nSPS) is 15.9. The van der Waals surface area contributed by atoms with E-state index in [1.807, 2.05) is 12.1 Å². The Hall–Kier alpha value is -4.13. The molecule has 0 aliphatic heterocycles. The van der Waals surface area contributed by atoms with E-state index in [-0.39, 0.29) is 0 Å². The molecular formula is C36H25Cl. The second kappa shape index (κ2) is 8.47. The molecule has 0 fully saturated rings. The maximum Gasteiger partial charge on any atom is 0.0722 e. The summed E-state index contributed by atoms with van der Waals surface area (Å²) in [5, 5.41) is 3.25. The molecule has 0 spiro atoms. The predicted octanol–water partition coefficient (Wildman–Crippen LogP) is 9.83. The third-order valence-corrected chi connectivity index (χ3v) is 8.16. The van der Waals surface area contributed by atoms with Crippen LogP contribution in [0.3, 0.4) is 0 Å². The first-order valence-corrected chi connectivity index (χ1v) is 13.1. The van der Waals surface area contributed by atoms with Gasteiger partial charge >= 0.3 is 0 Å². The lowest BCUT2D eigenvalue weighted by Crippen LogP contribution is -2.30. The lowest BCUT2D eigenvalue weighted by Gasteiger charge is -2.36. The van der Waals surface area contributed by atoms with Gasteiger partial charge in [0.2, 0.25) is 0 Å². The molecule has 6 aromatic rings. The summed E-state index contributed by atoms with van der Waals surface area (Å²) in [6.07, 6.45) is 0. The number of hydrogen-bond donors (Lipinski definition) is 0. The molecular weight excluding hydrogens is 468 g/mol. The summed E-state index contributed by atoms with van der Waals surface area (Å²) in [6.45, 7) is 2.24. The Morgan fingerprint density at radius 1 is 0.514 bits per heavy atom. The summed E-state index contributed by atoms with van der Waals surface area (Å²) < 4.78 is 0. The Bertz CT molecular complexity index is 1810. The fourth-order valence-corrected chi connectivity index (χ4v) is 6.60. The number of fused-ring (bicyclic) bond motifs is 4. The van der Waals surface area contributed by atoms with Gasteiger partial charge in [0, 0.05) is 5.02 Å². The molecule has 0 bridgehead atoms. The van der Waals surface area contributed by atoms with Gasteiger partial charge in [-0.3, -0.25) is 0 Å². The van der Waals surface area contributed by atoms with E-state index in [0.29, 0.717) is 0 Å². The molecule has 1 heteroatoms. The lowest BCUT2D eigenvalue weighted by atomic mass is 9.65. The SMILES string of the molecule is Cc1ccccc1C1(c2ccc3ccccc3c2)c2ccccc2-c2cccc(-c3cccc(Cl)c3)c21. The first-order valence-electron chi connectivity index (χ1n) is 12.7. The summed E-state index contributed by atoms with van der Waals surface area (Å²) in [4.78, 5) is 0. The van der Waals surface area contributed by atoms with Gasteiger partial charge < -0.3 is 0 Å². The second-order valence-electron chi connectivity index (χ2n) is 9.91. The number of rotatable bonds is 3. The molecule has 0 saturated carbocycles. The van der Waals surface area contributed by atoms with E-state index in [0.717, 1.165) is 10.6 Å². The zero-order chi connectivity index (χ0) is 25.0. The summed E-state index contributed by atoms with van der Waals surface area (Å²) in [5.74, 6) is 0. The summed E-state index contributed by atoms with van der Waals surface area (Å²) >= 11 is 6.53. The van der Waals surface area contributed by atoms with Crippen LogP contribution in [0.4, 0.5) is 0 Å². The van der Waals surface area contributed by atoms with Crippen LogP contribution in [0.25, 0.3) is 33.0 Å². The number of halogens is 1. The van der Waals surface area contributed by atoms with Gasteiger partial charge in [-0.25, -0.2) is 0 Å². The molecule has 0 saturated heterocycles. The number of benzene rings is 6. The Labute approximate surface area is 222 Å². The minimum Gasteiger partial charge on any atom is -0.0843 e. The third-order valence-electron chi connectivity index (χ3n) is 7.93. The van der Waals surface area contributed by atoms with E-state index in [4.69, 9.17) is 11.6 Å². The van der Waals surface area contributed by atoms with Crippen molar-refractivity contribution in [3.8, 4) is 22.3 Å². The maximum absolute atomic E-state index is 6.53. The fourth-order valence-electron chi connectivity index (χ4n) is 6.41. The van der Waals surface area contributed by atoms with Crippen LogP contribution in [0.5, 0.6) is 0 Å². The highest BCUT2D eigenvalue weighted by Crippen LogP contribution is 2.59. The van der Waals surface area contributed by atoms with Crippen molar-refractivity contribution in [1.82, 2.24) is 0 Å². The van der Waals surface area contributed by atoms with E-state index in [1.54, 1.807) is 0 Å². The third kappa shape index (κ3) is 3.23. The van der Waals surface area contributed by atoms with E-state index in [9.17, 15) is 0 Å². The highest BCUT2D eigenvalue weighted by Gasteiger charge is 2.48. The molecule has 37 heavy (non-hydrogen) atoms. The van der Waals surface area contributed by atoms with E-state index < -0.39 is 5.41 Å². The van der Waals surface area contributed by atoms with Crippen LogP contribution < -0.4 is 0 Å². The fraction of sp³-hybridized carbons (Fsp3) is 0.0556. The van der Waals surface area contributed by atoms with Gasteiger partial charge in [-0.15, -0.1) is 0 Å². The van der Waals surface area contributed by atoms with Crippen LogP contribution in [-0.2, 0) is 5.41 Å². The van der Waals surface area contributed by atoms with Crippen molar-refractivity contribution < 1.29 is 0 Å². The molecule has 1 aliphatic carbocycles. The standard InChI is InChI=1S/C36H25Cl/c1-24-10-2-6-18-33(24)36(28-21-20-25-11-3-4-12-26(25)22-28)34-19-7-5-15-31(34)32-17-9-16-30(35(32)36)27-13-8-14-29(37)23-27/h2-23H,1H3. The molecule has 0 N–H and O–H groups in total. The summed E-state index contributed by atoms with van der Waals surface area (Å²) in [5.41, 5.74) is 11.0. The molecule has 1 aliphatic rings. The molecule has 0 nitrogen and oxygen atoms in total. The van der Waals surface area contributed by atoms with Gasteiger partial charge in [-0.1, -0.05) is 127 Å². The Morgan fingerprint density at radius 3 is 2.03 bits per heavy atom. The molecule has 0 aromatic heterocycles. The van der Waals surface area contributed by atoms with Crippen molar-refractivity contribution in [2.45, 2.75) is 12.3 Å². The maximum atomic E-state index is 6.53.